The van der Waals surface area contributed by atoms with Gasteiger partial charge in [0.15, 0.2) is 0 Å². The molecule has 2 nitrogen and oxygen atoms in total. The van der Waals surface area contributed by atoms with Crippen LogP contribution < -0.4 is 0 Å². The van der Waals surface area contributed by atoms with Gasteiger partial charge in [-0.2, -0.15) is 0 Å². The third-order valence-corrected chi connectivity index (χ3v) is 4.38. The summed E-state index contributed by atoms with van der Waals surface area (Å²) >= 11 is 0. The van der Waals surface area contributed by atoms with E-state index < -0.39 is 0 Å². The highest BCUT2D eigenvalue weighted by Gasteiger charge is 2.41. The number of Topliss-reactive ketones (excluding diaryl/α,β-unsaturated/α-hetero) is 1. The van der Waals surface area contributed by atoms with Gasteiger partial charge in [0.05, 0.1) is 0 Å². The highest BCUT2D eigenvalue weighted by atomic mass is 16.1. The highest BCUT2D eigenvalue weighted by Crippen LogP contribution is 2.40. The molecule has 3 rings (SSSR count). The Kier molecular flexibility index (Phi) is 2.12. The van der Waals surface area contributed by atoms with Gasteiger partial charge in [0.1, 0.15) is 5.78 Å². The molecule has 0 N–H and O–H groups in total. The molecule has 1 saturated heterocycles. The molecule has 3 atom stereocenters. The topological polar surface area (TPSA) is 20.3 Å². The van der Waals surface area contributed by atoms with Crippen LogP contribution in [0.15, 0.2) is 0 Å². The Hall–Kier alpha value is -0.370. The quantitative estimate of drug-likeness (QED) is 0.634. The van der Waals surface area contributed by atoms with Crippen LogP contribution in [-0.2, 0) is 4.79 Å². The number of fused-ring (bicyclic) bond motifs is 2. The first-order chi connectivity index (χ1) is 6.83. The molecular formula is C12H19NO. The first-order valence-corrected chi connectivity index (χ1v) is 6.10. The number of carbonyl (C=O) groups excluding carboxylic acids is 1. The van der Waals surface area contributed by atoms with E-state index in [1.54, 1.807) is 0 Å². The Morgan fingerprint density at radius 3 is 2.71 bits per heavy atom. The second-order valence-electron chi connectivity index (χ2n) is 5.32. The predicted octanol–water partition coefficient (Wildman–Crippen LogP) is 1.98. The van der Waals surface area contributed by atoms with Gasteiger partial charge in [-0.1, -0.05) is 0 Å². The summed E-state index contributed by atoms with van der Waals surface area (Å²) in [5.41, 5.74) is 0. The van der Waals surface area contributed by atoms with Crippen molar-refractivity contribution in [2.75, 3.05) is 6.54 Å². The van der Waals surface area contributed by atoms with Crippen LogP contribution in [0.2, 0.25) is 0 Å². The maximum atomic E-state index is 11.4. The van der Waals surface area contributed by atoms with E-state index in [0.29, 0.717) is 11.8 Å². The smallest absolute Gasteiger partial charge is 0.134 e. The molecule has 2 aliphatic carbocycles. The van der Waals surface area contributed by atoms with Crippen molar-refractivity contribution in [2.45, 2.75) is 57.0 Å². The molecule has 2 heteroatoms. The molecule has 0 spiro atoms. The lowest BCUT2D eigenvalue weighted by Crippen LogP contribution is -2.43. The second kappa shape index (κ2) is 3.34. The minimum Gasteiger partial charge on any atom is -0.300 e. The highest BCUT2D eigenvalue weighted by molar-refractivity contribution is 5.79. The Morgan fingerprint density at radius 2 is 2.07 bits per heavy atom. The molecule has 0 aromatic rings. The van der Waals surface area contributed by atoms with E-state index in [-0.39, 0.29) is 0 Å². The summed E-state index contributed by atoms with van der Waals surface area (Å²) in [5.74, 6) is 1.47. The van der Waals surface area contributed by atoms with Crippen molar-refractivity contribution in [3.05, 3.63) is 0 Å². The van der Waals surface area contributed by atoms with Gasteiger partial charge in [0, 0.05) is 31.5 Å². The van der Waals surface area contributed by atoms with Crippen LogP contribution in [0.4, 0.5) is 0 Å². The predicted molar refractivity (Wildman–Crippen MR) is 55.1 cm³/mol. The van der Waals surface area contributed by atoms with Crippen molar-refractivity contribution in [1.82, 2.24) is 4.90 Å². The van der Waals surface area contributed by atoms with E-state index in [0.717, 1.165) is 31.2 Å². The summed E-state index contributed by atoms with van der Waals surface area (Å²) in [6, 6.07) is 1.46. The lowest BCUT2D eigenvalue weighted by Gasteiger charge is -2.36. The number of hydrogen-bond donors (Lipinski definition) is 0. The molecule has 0 aromatic carbocycles. The fraction of sp³-hybridized carbons (Fsp3) is 0.917. The number of nitrogens with zero attached hydrogens (tertiary/aromatic N) is 1. The fourth-order valence-electron chi connectivity index (χ4n) is 3.69. The molecule has 78 valence electrons. The lowest BCUT2D eigenvalue weighted by molar-refractivity contribution is -0.122. The molecular weight excluding hydrogens is 174 g/mol. The summed E-state index contributed by atoms with van der Waals surface area (Å²) in [6.45, 7) is 1.29. The third-order valence-electron chi connectivity index (χ3n) is 4.38. The van der Waals surface area contributed by atoms with E-state index in [1.807, 2.05) is 0 Å². The Bertz CT molecular complexity index is 251. The van der Waals surface area contributed by atoms with Gasteiger partial charge in [-0.15, -0.1) is 0 Å². The monoisotopic (exact) mass is 193 g/mol. The zero-order valence-corrected chi connectivity index (χ0v) is 8.74. The largest absolute Gasteiger partial charge is 0.300 e. The second-order valence-corrected chi connectivity index (χ2v) is 5.32. The number of likely N-dealkylation sites (tertiary alicyclic amines) is 1. The average molecular weight is 193 g/mol. The maximum absolute atomic E-state index is 11.4. The maximum Gasteiger partial charge on any atom is 0.134 e. The van der Waals surface area contributed by atoms with E-state index >= 15 is 0 Å². The summed E-state index contributed by atoms with van der Waals surface area (Å²) in [5, 5.41) is 0. The molecule has 14 heavy (non-hydrogen) atoms. The van der Waals surface area contributed by atoms with Gasteiger partial charge in [0.2, 0.25) is 0 Å². The number of hydrogen-bond acceptors (Lipinski definition) is 2. The van der Waals surface area contributed by atoms with Crippen LogP contribution in [0, 0.1) is 5.92 Å². The van der Waals surface area contributed by atoms with Crippen LogP contribution in [0.3, 0.4) is 0 Å². The van der Waals surface area contributed by atoms with Gasteiger partial charge in [0.25, 0.3) is 0 Å². The number of carbonyl (C=O) groups is 1. The van der Waals surface area contributed by atoms with Crippen LogP contribution in [0.5, 0.6) is 0 Å². The molecule has 2 bridgehead atoms. The summed E-state index contributed by atoms with van der Waals surface area (Å²) in [4.78, 5) is 14.1. The van der Waals surface area contributed by atoms with Gasteiger partial charge >= 0.3 is 0 Å². The van der Waals surface area contributed by atoms with Gasteiger partial charge in [-0.05, 0) is 38.0 Å². The summed E-state index contributed by atoms with van der Waals surface area (Å²) in [7, 11) is 0. The first kappa shape index (κ1) is 8.90. The van der Waals surface area contributed by atoms with Crippen LogP contribution >= 0.6 is 0 Å². The number of piperidine rings is 1. The molecule has 0 radical (unpaired) electrons. The van der Waals surface area contributed by atoms with Gasteiger partial charge in [-0.3, -0.25) is 9.69 Å². The van der Waals surface area contributed by atoms with Crippen molar-refractivity contribution in [3.8, 4) is 0 Å². The molecule has 1 heterocycles. The van der Waals surface area contributed by atoms with E-state index in [9.17, 15) is 4.79 Å². The number of rotatable bonds is 1. The minimum atomic E-state index is 0.504. The van der Waals surface area contributed by atoms with Crippen LogP contribution in [0.25, 0.3) is 0 Å². The lowest BCUT2D eigenvalue weighted by atomic mass is 9.92. The van der Waals surface area contributed by atoms with Crippen LogP contribution in [-0.4, -0.2) is 29.3 Å². The van der Waals surface area contributed by atoms with Crippen molar-refractivity contribution in [1.29, 1.82) is 0 Å². The standard InChI is InChI=1S/C12H19NO/c14-12-3-1-2-10(7-12)13-8-9-4-5-11(13)6-9/h9-11H,1-8H2. The normalized spacial score (nSPS) is 43.4. The van der Waals surface area contributed by atoms with Crippen molar-refractivity contribution >= 4 is 5.78 Å². The summed E-state index contributed by atoms with van der Waals surface area (Å²) < 4.78 is 0. The van der Waals surface area contributed by atoms with Gasteiger partial charge < -0.3 is 0 Å². The fourth-order valence-corrected chi connectivity index (χ4v) is 3.69. The minimum absolute atomic E-state index is 0.504. The number of ketones is 1. The van der Waals surface area contributed by atoms with E-state index in [4.69, 9.17) is 0 Å². The Labute approximate surface area is 85.7 Å². The molecule has 3 unspecified atom stereocenters. The molecule has 3 aliphatic rings. The summed E-state index contributed by atoms with van der Waals surface area (Å²) in [6.07, 6.45) is 8.37. The van der Waals surface area contributed by atoms with Crippen molar-refractivity contribution < 1.29 is 4.79 Å². The van der Waals surface area contributed by atoms with E-state index in [1.165, 1.54) is 32.2 Å². The Balaban J connectivity index is 1.67. The average Bonchev–Trinajstić information content (AvgIpc) is 2.78. The van der Waals surface area contributed by atoms with Crippen molar-refractivity contribution in [3.63, 3.8) is 0 Å². The van der Waals surface area contributed by atoms with Gasteiger partial charge in [-0.25, -0.2) is 0 Å². The zero-order valence-electron chi connectivity index (χ0n) is 8.74. The molecule has 1 aliphatic heterocycles. The molecule has 2 saturated carbocycles. The SMILES string of the molecule is O=C1CCCC(N2CC3CCC2C3)C1. The third kappa shape index (κ3) is 1.40. The first-order valence-electron chi connectivity index (χ1n) is 6.10. The molecule has 0 aromatic heterocycles. The van der Waals surface area contributed by atoms with Crippen LogP contribution in [0.1, 0.15) is 44.9 Å². The zero-order chi connectivity index (χ0) is 9.54. The van der Waals surface area contributed by atoms with Crippen molar-refractivity contribution in [2.24, 2.45) is 5.92 Å². The van der Waals surface area contributed by atoms with E-state index in [2.05, 4.69) is 4.90 Å². The molecule has 0 amide bonds. The molecule has 3 fully saturated rings. The Morgan fingerprint density at radius 1 is 1.14 bits per heavy atom.